The highest BCUT2D eigenvalue weighted by Crippen LogP contribution is 2.42. The Morgan fingerprint density at radius 3 is 2.09 bits per heavy atom. The molecule has 10 heteroatoms. The molecular formula is C25H31F7O3. The average Bonchev–Trinajstić information content (AvgIpc) is 2.78. The zero-order chi connectivity index (χ0) is 25.6. The molecular weight excluding hydrogens is 481 g/mol. The second-order valence-electron chi connectivity index (χ2n) is 9.35. The maximum Gasteiger partial charge on any atom is 0.409 e. The molecule has 0 spiro atoms. The fourth-order valence-corrected chi connectivity index (χ4v) is 4.60. The van der Waals surface area contributed by atoms with E-state index in [1.807, 2.05) is 0 Å². The number of benzene rings is 1. The van der Waals surface area contributed by atoms with E-state index >= 15 is 0 Å². The molecule has 3 rings (SSSR count). The van der Waals surface area contributed by atoms with Gasteiger partial charge in [0.25, 0.3) is 0 Å². The predicted molar refractivity (Wildman–Crippen MR) is 116 cm³/mol. The largest absolute Gasteiger partial charge is 0.432 e. The Hall–Kier alpha value is -1.81. The molecule has 1 aliphatic heterocycles. The molecule has 2 aliphatic rings. The fraction of sp³-hybridized carbons (Fsp3) is 0.680. The van der Waals surface area contributed by atoms with E-state index in [2.05, 4.69) is 11.7 Å². The standard InChI is InChI=1S/C25H31F7O3/c1-2-3-4-5-16-14-33-23(34-15-16)17-6-8-18(9-7-17)25(31,32)35-19-12-21(26)20(22(27)13-19)10-11-24(28,29)30/h10-13,16-18,23H,2-9,14-15H2,1H3/b11-10+. The SMILES string of the molecule is CCCCCC1COC(C2CCC(C(F)(F)Oc3cc(F)c(/C=C/C(F)(F)F)c(F)c3)CC2)OC1. The normalized spacial score (nSPS) is 26.3. The van der Waals surface area contributed by atoms with Gasteiger partial charge in [0.1, 0.15) is 17.4 Å². The van der Waals surface area contributed by atoms with Gasteiger partial charge in [-0.2, -0.15) is 22.0 Å². The number of hydrogen-bond acceptors (Lipinski definition) is 3. The first kappa shape index (κ1) is 27.8. The number of alkyl halides is 5. The Balaban J connectivity index is 1.51. The van der Waals surface area contributed by atoms with Crippen LogP contribution in [0.2, 0.25) is 0 Å². The topological polar surface area (TPSA) is 27.7 Å². The Labute approximate surface area is 200 Å². The summed E-state index contributed by atoms with van der Waals surface area (Å²) in [5.41, 5.74) is -0.987. The number of unbranched alkanes of at least 4 members (excludes halogenated alkanes) is 2. The van der Waals surface area contributed by atoms with E-state index in [1.54, 1.807) is 0 Å². The number of ether oxygens (including phenoxy) is 3. The highest BCUT2D eigenvalue weighted by Gasteiger charge is 2.45. The second kappa shape index (κ2) is 12.0. The molecule has 35 heavy (non-hydrogen) atoms. The summed E-state index contributed by atoms with van der Waals surface area (Å²) < 4.78 is 111. The van der Waals surface area contributed by atoms with Crippen molar-refractivity contribution >= 4 is 6.08 Å². The summed E-state index contributed by atoms with van der Waals surface area (Å²) in [5, 5.41) is 0. The van der Waals surface area contributed by atoms with Crippen LogP contribution in [0.4, 0.5) is 30.7 Å². The first-order valence-electron chi connectivity index (χ1n) is 12.0. The molecule has 3 nitrogen and oxygen atoms in total. The molecule has 0 bridgehead atoms. The maximum absolute atomic E-state index is 14.7. The number of rotatable bonds is 9. The first-order chi connectivity index (χ1) is 16.5. The van der Waals surface area contributed by atoms with Crippen molar-refractivity contribution in [3.05, 3.63) is 35.4 Å². The van der Waals surface area contributed by atoms with Crippen LogP contribution in [0.25, 0.3) is 6.08 Å². The van der Waals surface area contributed by atoms with Crippen molar-refractivity contribution < 1.29 is 44.9 Å². The highest BCUT2D eigenvalue weighted by molar-refractivity contribution is 5.53. The quantitative estimate of drug-likeness (QED) is 0.249. The van der Waals surface area contributed by atoms with Gasteiger partial charge in [-0.1, -0.05) is 26.2 Å². The summed E-state index contributed by atoms with van der Waals surface area (Å²) in [4.78, 5) is 0. The number of hydrogen-bond donors (Lipinski definition) is 0. The van der Waals surface area contributed by atoms with Crippen LogP contribution in [-0.2, 0) is 9.47 Å². The number of halogens is 7. The lowest BCUT2D eigenvalue weighted by molar-refractivity contribution is -0.248. The van der Waals surface area contributed by atoms with Gasteiger partial charge in [-0.3, -0.25) is 0 Å². The monoisotopic (exact) mass is 512 g/mol. The summed E-state index contributed by atoms with van der Waals surface area (Å²) >= 11 is 0. The summed E-state index contributed by atoms with van der Waals surface area (Å²) in [6, 6.07) is 0.915. The molecule has 0 amide bonds. The summed E-state index contributed by atoms with van der Waals surface area (Å²) in [7, 11) is 0. The van der Waals surface area contributed by atoms with Crippen LogP contribution in [0.5, 0.6) is 5.75 Å². The highest BCUT2D eigenvalue weighted by atomic mass is 19.4. The van der Waals surface area contributed by atoms with Crippen molar-refractivity contribution in [2.24, 2.45) is 17.8 Å². The maximum atomic E-state index is 14.7. The van der Waals surface area contributed by atoms with Gasteiger partial charge in [0, 0.05) is 35.6 Å². The lowest BCUT2D eigenvalue weighted by atomic mass is 9.80. The lowest BCUT2D eigenvalue weighted by Crippen LogP contribution is -2.42. The molecule has 198 valence electrons. The van der Waals surface area contributed by atoms with Crippen LogP contribution in [0, 0.1) is 29.4 Å². The van der Waals surface area contributed by atoms with E-state index < -0.39 is 47.4 Å². The molecule has 1 aromatic carbocycles. The molecule has 1 saturated heterocycles. The molecule has 0 aromatic heterocycles. The molecule has 0 atom stereocenters. The van der Waals surface area contributed by atoms with Gasteiger partial charge in [-0.25, -0.2) is 8.78 Å². The molecule has 0 unspecified atom stereocenters. The van der Waals surface area contributed by atoms with E-state index in [4.69, 9.17) is 9.47 Å². The predicted octanol–water partition coefficient (Wildman–Crippen LogP) is 7.89. The van der Waals surface area contributed by atoms with Crippen molar-refractivity contribution in [2.75, 3.05) is 13.2 Å². The van der Waals surface area contributed by atoms with Crippen molar-refractivity contribution in [2.45, 2.75) is 76.9 Å². The Morgan fingerprint density at radius 1 is 0.943 bits per heavy atom. The first-order valence-corrected chi connectivity index (χ1v) is 12.0. The molecule has 0 radical (unpaired) electrons. The summed E-state index contributed by atoms with van der Waals surface area (Å²) in [6.45, 7) is 3.33. The third-order valence-corrected chi connectivity index (χ3v) is 6.59. The average molecular weight is 513 g/mol. The molecule has 1 aromatic rings. The third-order valence-electron chi connectivity index (χ3n) is 6.59. The van der Waals surface area contributed by atoms with Gasteiger partial charge in [-0.05, 0) is 38.2 Å². The lowest BCUT2D eigenvalue weighted by Gasteiger charge is -2.39. The van der Waals surface area contributed by atoms with Crippen molar-refractivity contribution in [1.82, 2.24) is 0 Å². The minimum Gasteiger partial charge on any atom is -0.432 e. The second-order valence-corrected chi connectivity index (χ2v) is 9.35. The van der Waals surface area contributed by atoms with Crippen molar-refractivity contribution in [3.63, 3.8) is 0 Å². The zero-order valence-electron chi connectivity index (χ0n) is 19.6. The van der Waals surface area contributed by atoms with Crippen LogP contribution in [0.15, 0.2) is 18.2 Å². The van der Waals surface area contributed by atoms with E-state index in [0.29, 0.717) is 44.1 Å². The fourth-order valence-electron chi connectivity index (χ4n) is 4.60. The smallest absolute Gasteiger partial charge is 0.409 e. The Bertz CT molecular complexity index is 817. The summed E-state index contributed by atoms with van der Waals surface area (Å²) in [6.07, 6.45) is -3.48. The Kier molecular flexibility index (Phi) is 9.48. The molecule has 2 fully saturated rings. The molecule has 1 aliphatic carbocycles. The Morgan fingerprint density at radius 2 is 1.54 bits per heavy atom. The van der Waals surface area contributed by atoms with Gasteiger partial charge < -0.3 is 14.2 Å². The van der Waals surface area contributed by atoms with Gasteiger partial charge >= 0.3 is 12.3 Å². The van der Waals surface area contributed by atoms with Crippen LogP contribution < -0.4 is 4.74 Å². The van der Waals surface area contributed by atoms with E-state index in [9.17, 15) is 30.7 Å². The molecule has 0 N–H and O–H groups in total. The van der Waals surface area contributed by atoms with Crippen LogP contribution in [-0.4, -0.2) is 31.8 Å². The van der Waals surface area contributed by atoms with Gasteiger partial charge in [0.05, 0.1) is 19.1 Å². The zero-order valence-corrected chi connectivity index (χ0v) is 19.6. The van der Waals surface area contributed by atoms with Gasteiger partial charge in [0.15, 0.2) is 6.29 Å². The van der Waals surface area contributed by atoms with Crippen LogP contribution >= 0.6 is 0 Å². The van der Waals surface area contributed by atoms with Gasteiger partial charge in [0.2, 0.25) is 0 Å². The minimum atomic E-state index is -4.77. The minimum absolute atomic E-state index is 0.0202. The summed E-state index contributed by atoms with van der Waals surface area (Å²) in [5.74, 6) is -4.50. The van der Waals surface area contributed by atoms with Gasteiger partial charge in [-0.15, -0.1) is 0 Å². The molecule has 1 saturated carbocycles. The van der Waals surface area contributed by atoms with Crippen LogP contribution in [0.3, 0.4) is 0 Å². The number of allylic oxidation sites excluding steroid dienone is 1. The third kappa shape index (κ3) is 8.10. The van der Waals surface area contributed by atoms with E-state index in [-0.39, 0.29) is 30.9 Å². The van der Waals surface area contributed by atoms with Crippen LogP contribution in [0.1, 0.15) is 63.9 Å². The van der Waals surface area contributed by atoms with E-state index in [0.717, 1.165) is 19.3 Å². The van der Waals surface area contributed by atoms with Crippen molar-refractivity contribution in [1.29, 1.82) is 0 Å². The van der Waals surface area contributed by atoms with E-state index in [1.165, 1.54) is 6.42 Å². The molecule has 1 heterocycles. The van der Waals surface area contributed by atoms with Crippen molar-refractivity contribution in [3.8, 4) is 5.75 Å².